The molecule has 0 unspecified atom stereocenters. The number of hydrogen-bond acceptors (Lipinski definition) is 5. The molecule has 156 valence electrons. The van der Waals surface area contributed by atoms with E-state index < -0.39 is 15.9 Å². The molecule has 1 amide bonds. The zero-order valence-corrected chi connectivity index (χ0v) is 17.7. The van der Waals surface area contributed by atoms with Gasteiger partial charge in [0.25, 0.3) is 5.91 Å². The Balaban J connectivity index is 1.66. The van der Waals surface area contributed by atoms with Crippen LogP contribution in [0.1, 0.15) is 21.5 Å². The van der Waals surface area contributed by atoms with Gasteiger partial charge in [0.1, 0.15) is 0 Å². The van der Waals surface area contributed by atoms with Gasteiger partial charge in [-0.3, -0.25) is 9.69 Å². The summed E-state index contributed by atoms with van der Waals surface area (Å²) < 4.78 is 31.5. The summed E-state index contributed by atoms with van der Waals surface area (Å²) in [6.07, 6.45) is 0. The molecule has 0 atom stereocenters. The fourth-order valence-electron chi connectivity index (χ4n) is 3.10. The second-order valence-corrected chi connectivity index (χ2v) is 9.03. The van der Waals surface area contributed by atoms with Gasteiger partial charge in [-0.2, -0.15) is 0 Å². The lowest BCUT2D eigenvalue weighted by Gasteiger charge is -2.26. The van der Waals surface area contributed by atoms with Crippen LogP contribution in [-0.2, 0) is 27.8 Å². The molecular formula is C20H24ClN3O4S. The van der Waals surface area contributed by atoms with E-state index in [4.69, 9.17) is 16.3 Å². The van der Waals surface area contributed by atoms with Gasteiger partial charge in [0.05, 0.1) is 28.7 Å². The molecule has 0 aromatic heterocycles. The van der Waals surface area contributed by atoms with Crippen LogP contribution in [-0.4, -0.2) is 52.6 Å². The maximum Gasteiger partial charge on any atom is 0.253 e. The second-order valence-electron chi connectivity index (χ2n) is 6.74. The number of carbonyl (C=O) groups is 1. The molecule has 9 heteroatoms. The highest BCUT2D eigenvalue weighted by Crippen LogP contribution is 2.20. The normalized spacial score (nSPS) is 15.2. The molecule has 2 N–H and O–H groups in total. The van der Waals surface area contributed by atoms with Crippen LogP contribution in [0.5, 0.6) is 0 Å². The number of carbonyl (C=O) groups excluding carboxylic acids is 1. The lowest BCUT2D eigenvalue weighted by molar-refractivity contribution is 0.0342. The van der Waals surface area contributed by atoms with E-state index in [9.17, 15) is 13.2 Å². The summed E-state index contributed by atoms with van der Waals surface area (Å²) >= 11 is 6.11. The third kappa shape index (κ3) is 5.77. The van der Waals surface area contributed by atoms with Crippen molar-refractivity contribution in [1.82, 2.24) is 14.9 Å². The van der Waals surface area contributed by atoms with Crippen molar-refractivity contribution in [2.24, 2.45) is 0 Å². The molecule has 0 radical (unpaired) electrons. The van der Waals surface area contributed by atoms with Gasteiger partial charge in [-0.1, -0.05) is 35.9 Å². The molecule has 1 saturated heterocycles. The maximum atomic E-state index is 12.6. The Morgan fingerprint density at radius 2 is 1.86 bits per heavy atom. The largest absolute Gasteiger partial charge is 0.379 e. The number of nitrogens with zero attached hydrogens (tertiary/aromatic N) is 1. The first-order chi connectivity index (χ1) is 13.9. The summed E-state index contributed by atoms with van der Waals surface area (Å²) in [5, 5.41) is 3.00. The van der Waals surface area contributed by atoms with Crippen LogP contribution in [0.2, 0.25) is 5.02 Å². The minimum absolute atomic E-state index is 0.0120. The van der Waals surface area contributed by atoms with Crippen molar-refractivity contribution in [3.63, 3.8) is 0 Å². The van der Waals surface area contributed by atoms with E-state index in [1.165, 1.54) is 30.8 Å². The zero-order chi connectivity index (χ0) is 20.9. The molecular weight excluding hydrogens is 414 g/mol. The number of amides is 1. The number of benzene rings is 2. The topological polar surface area (TPSA) is 87.7 Å². The summed E-state index contributed by atoms with van der Waals surface area (Å²) in [4.78, 5) is 14.9. The molecule has 0 spiro atoms. The molecule has 1 aliphatic heterocycles. The second kappa shape index (κ2) is 9.69. The molecule has 29 heavy (non-hydrogen) atoms. The number of hydrogen-bond donors (Lipinski definition) is 2. The SMILES string of the molecule is CNS(=O)(=O)c1ccc(Cl)c(C(=O)NCc2cccc(CN3CCOCC3)c2)c1. The smallest absolute Gasteiger partial charge is 0.253 e. The monoisotopic (exact) mass is 437 g/mol. The number of ether oxygens (including phenoxy) is 1. The number of sulfonamides is 1. The Bertz CT molecular complexity index is 975. The minimum Gasteiger partial charge on any atom is -0.379 e. The van der Waals surface area contributed by atoms with Gasteiger partial charge >= 0.3 is 0 Å². The highest BCUT2D eigenvalue weighted by molar-refractivity contribution is 7.89. The van der Waals surface area contributed by atoms with Crippen LogP contribution in [0.4, 0.5) is 0 Å². The van der Waals surface area contributed by atoms with Crippen molar-refractivity contribution in [3.05, 3.63) is 64.2 Å². The number of morpholine rings is 1. The Kier molecular flexibility index (Phi) is 7.26. The average Bonchev–Trinajstić information content (AvgIpc) is 2.73. The summed E-state index contributed by atoms with van der Waals surface area (Å²) in [5.41, 5.74) is 2.24. The van der Waals surface area contributed by atoms with Crippen LogP contribution < -0.4 is 10.0 Å². The summed E-state index contributed by atoms with van der Waals surface area (Å²) in [7, 11) is -2.35. The van der Waals surface area contributed by atoms with Gasteiger partial charge in [-0.15, -0.1) is 0 Å². The van der Waals surface area contributed by atoms with Crippen molar-refractivity contribution < 1.29 is 17.9 Å². The van der Waals surface area contributed by atoms with Crippen LogP contribution in [0.15, 0.2) is 47.4 Å². The van der Waals surface area contributed by atoms with Gasteiger partial charge in [0.15, 0.2) is 0 Å². The molecule has 7 nitrogen and oxygen atoms in total. The Labute approximate surface area is 176 Å². The Morgan fingerprint density at radius 1 is 1.14 bits per heavy atom. The van der Waals surface area contributed by atoms with Crippen molar-refractivity contribution in [2.45, 2.75) is 18.0 Å². The highest BCUT2D eigenvalue weighted by Gasteiger charge is 2.17. The van der Waals surface area contributed by atoms with Crippen LogP contribution in [0.25, 0.3) is 0 Å². The number of halogens is 1. The van der Waals surface area contributed by atoms with Crippen LogP contribution >= 0.6 is 11.6 Å². The third-order valence-electron chi connectivity index (χ3n) is 4.72. The first-order valence-electron chi connectivity index (χ1n) is 9.28. The van der Waals surface area contributed by atoms with Gasteiger partial charge < -0.3 is 10.1 Å². The van der Waals surface area contributed by atoms with E-state index in [2.05, 4.69) is 27.1 Å². The molecule has 0 saturated carbocycles. The molecule has 1 fully saturated rings. The van der Waals surface area contributed by atoms with E-state index in [0.29, 0.717) is 6.54 Å². The first kappa shape index (κ1) is 21.7. The van der Waals surface area contributed by atoms with E-state index in [0.717, 1.165) is 38.4 Å². The molecule has 2 aromatic rings. The maximum absolute atomic E-state index is 12.6. The quantitative estimate of drug-likeness (QED) is 0.691. The van der Waals surface area contributed by atoms with E-state index in [1.54, 1.807) is 0 Å². The van der Waals surface area contributed by atoms with Gasteiger partial charge in [0.2, 0.25) is 10.0 Å². The van der Waals surface area contributed by atoms with Gasteiger partial charge in [0, 0.05) is 26.2 Å². The van der Waals surface area contributed by atoms with Gasteiger partial charge in [-0.05, 0) is 36.4 Å². The first-order valence-corrected chi connectivity index (χ1v) is 11.1. The third-order valence-corrected chi connectivity index (χ3v) is 6.46. The van der Waals surface area contributed by atoms with E-state index in [-0.39, 0.29) is 15.5 Å². The summed E-state index contributed by atoms with van der Waals surface area (Å²) in [6.45, 7) is 4.46. The number of rotatable bonds is 7. The summed E-state index contributed by atoms with van der Waals surface area (Å²) in [5.74, 6) is -0.429. The Morgan fingerprint density at radius 3 is 2.59 bits per heavy atom. The summed E-state index contributed by atoms with van der Waals surface area (Å²) in [6, 6.07) is 12.1. The lowest BCUT2D eigenvalue weighted by Crippen LogP contribution is -2.35. The predicted octanol–water partition coefficient (Wildman–Crippen LogP) is 2.01. The lowest BCUT2D eigenvalue weighted by atomic mass is 10.1. The van der Waals surface area contributed by atoms with Crippen LogP contribution in [0.3, 0.4) is 0 Å². The van der Waals surface area contributed by atoms with Crippen molar-refractivity contribution >= 4 is 27.5 Å². The minimum atomic E-state index is -3.66. The van der Waals surface area contributed by atoms with Crippen molar-refractivity contribution in [3.8, 4) is 0 Å². The van der Waals surface area contributed by atoms with Crippen molar-refractivity contribution in [1.29, 1.82) is 0 Å². The highest BCUT2D eigenvalue weighted by atomic mass is 35.5. The Hall–Kier alpha value is -1.97. The molecule has 0 bridgehead atoms. The molecule has 3 rings (SSSR count). The molecule has 2 aromatic carbocycles. The fraction of sp³-hybridized carbons (Fsp3) is 0.350. The van der Waals surface area contributed by atoms with E-state index >= 15 is 0 Å². The molecule has 1 heterocycles. The standard InChI is InChI=1S/C20H24ClN3O4S/c1-22-29(26,27)17-5-6-19(21)18(12-17)20(25)23-13-15-3-2-4-16(11-15)14-24-7-9-28-10-8-24/h2-6,11-12,22H,7-10,13-14H2,1H3,(H,23,25). The predicted molar refractivity (Wildman–Crippen MR) is 111 cm³/mol. The number of nitrogens with one attached hydrogen (secondary N) is 2. The van der Waals surface area contributed by atoms with Crippen LogP contribution in [0, 0.1) is 0 Å². The average molecular weight is 438 g/mol. The zero-order valence-electron chi connectivity index (χ0n) is 16.2. The molecule has 1 aliphatic rings. The van der Waals surface area contributed by atoms with Gasteiger partial charge in [-0.25, -0.2) is 13.1 Å². The fourth-order valence-corrected chi connectivity index (χ4v) is 4.06. The van der Waals surface area contributed by atoms with Crippen molar-refractivity contribution in [2.75, 3.05) is 33.4 Å². The molecule has 0 aliphatic carbocycles. The van der Waals surface area contributed by atoms with E-state index in [1.807, 2.05) is 12.1 Å².